The number of aryl methyl sites for hydroxylation is 1. The molecule has 0 aliphatic heterocycles. The first-order valence-electron chi connectivity index (χ1n) is 8.17. The van der Waals surface area contributed by atoms with E-state index in [4.69, 9.17) is 0 Å². The lowest BCUT2D eigenvalue weighted by Crippen LogP contribution is -2.20. The van der Waals surface area contributed by atoms with Crippen molar-refractivity contribution in [3.05, 3.63) is 69.8 Å². The number of H-pyrrole nitrogens is 2. The molecule has 1 amide bonds. The summed E-state index contributed by atoms with van der Waals surface area (Å²) in [5, 5.41) is 9.70. The average Bonchev–Trinajstić information content (AvgIpc) is 3.13. The van der Waals surface area contributed by atoms with Crippen molar-refractivity contribution in [3.63, 3.8) is 0 Å². The molecule has 0 spiro atoms. The van der Waals surface area contributed by atoms with Crippen LogP contribution in [-0.4, -0.2) is 26.1 Å². The molecule has 2 heterocycles. The normalized spacial score (nSPS) is 10.7. The molecule has 0 saturated carbocycles. The van der Waals surface area contributed by atoms with Crippen molar-refractivity contribution in [2.24, 2.45) is 0 Å². The Balaban J connectivity index is 1.60. The van der Waals surface area contributed by atoms with Gasteiger partial charge < -0.3 is 10.3 Å². The van der Waals surface area contributed by atoms with Crippen molar-refractivity contribution >= 4 is 23.5 Å². The second-order valence-electron chi connectivity index (χ2n) is 5.73. The fraction of sp³-hybridized carbons (Fsp3) is 0.222. The largest absolute Gasteiger partial charge is 0.311 e. The monoisotopic (exact) mass is 369 g/mol. The van der Waals surface area contributed by atoms with Gasteiger partial charge >= 0.3 is 0 Å². The highest BCUT2D eigenvalue weighted by Gasteiger charge is 2.11. The van der Waals surface area contributed by atoms with Crippen LogP contribution in [0.5, 0.6) is 0 Å². The van der Waals surface area contributed by atoms with Crippen molar-refractivity contribution in [2.75, 3.05) is 5.32 Å². The van der Waals surface area contributed by atoms with Crippen LogP contribution in [0.15, 0.2) is 52.5 Å². The molecule has 7 nitrogen and oxygen atoms in total. The Hall–Kier alpha value is -2.87. The molecule has 0 atom stereocenters. The second-order valence-corrected chi connectivity index (χ2v) is 6.69. The average molecular weight is 369 g/mol. The van der Waals surface area contributed by atoms with Gasteiger partial charge in [0.1, 0.15) is 5.82 Å². The Labute approximate surface area is 154 Å². The maximum Gasteiger partial charge on any atom is 0.254 e. The van der Waals surface area contributed by atoms with Crippen LogP contribution in [0.3, 0.4) is 0 Å². The number of carbonyl (C=O) groups excluding carboxylic acids is 1. The summed E-state index contributed by atoms with van der Waals surface area (Å²) in [5.41, 5.74) is 2.16. The number of benzene rings is 1. The van der Waals surface area contributed by atoms with E-state index in [9.17, 15) is 9.59 Å². The van der Waals surface area contributed by atoms with Gasteiger partial charge in [0.2, 0.25) is 5.91 Å². The molecule has 0 unspecified atom stereocenters. The SMILES string of the molecule is Cc1nc(SCc2ccccc2)[nH]c(=O)c1CCC(=O)Nc1ccn[nH]1. The van der Waals surface area contributed by atoms with E-state index in [1.807, 2.05) is 30.3 Å². The second kappa shape index (κ2) is 8.48. The van der Waals surface area contributed by atoms with Crippen LogP contribution < -0.4 is 10.9 Å². The number of amides is 1. The highest BCUT2D eigenvalue weighted by atomic mass is 32.2. The molecule has 3 aromatic rings. The first kappa shape index (κ1) is 17.9. The molecule has 8 heteroatoms. The number of thioether (sulfide) groups is 1. The number of hydrogen-bond acceptors (Lipinski definition) is 5. The van der Waals surface area contributed by atoms with E-state index in [0.29, 0.717) is 28.7 Å². The van der Waals surface area contributed by atoms with E-state index in [-0.39, 0.29) is 17.9 Å². The van der Waals surface area contributed by atoms with E-state index in [1.165, 1.54) is 11.8 Å². The topological polar surface area (TPSA) is 104 Å². The fourth-order valence-electron chi connectivity index (χ4n) is 2.45. The number of aromatic amines is 2. The van der Waals surface area contributed by atoms with Crippen LogP contribution in [0.4, 0.5) is 5.82 Å². The van der Waals surface area contributed by atoms with Gasteiger partial charge in [-0.15, -0.1) is 0 Å². The predicted octanol–water partition coefficient (Wildman–Crippen LogP) is 2.67. The first-order valence-corrected chi connectivity index (χ1v) is 9.16. The van der Waals surface area contributed by atoms with Crippen molar-refractivity contribution in [1.29, 1.82) is 0 Å². The van der Waals surface area contributed by atoms with Crippen LogP contribution in [-0.2, 0) is 17.0 Å². The summed E-state index contributed by atoms with van der Waals surface area (Å²) in [5.74, 6) is 1.08. The van der Waals surface area contributed by atoms with Gasteiger partial charge in [0.25, 0.3) is 5.56 Å². The Bertz CT molecular complexity index is 923. The number of anilines is 1. The van der Waals surface area contributed by atoms with Crippen LogP contribution in [0.1, 0.15) is 23.2 Å². The Morgan fingerprint density at radius 1 is 1.23 bits per heavy atom. The van der Waals surface area contributed by atoms with Crippen LogP contribution in [0, 0.1) is 6.92 Å². The summed E-state index contributed by atoms with van der Waals surface area (Å²) < 4.78 is 0. The third-order valence-corrected chi connectivity index (χ3v) is 4.74. The lowest BCUT2D eigenvalue weighted by molar-refractivity contribution is -0.116. The smallest absolute Gasteiger partial charge is 0.254 e. The highest BCUT2D eigenvalue weighted by Crippen LogP contribution is 2.19. The van der Waals surface area contributed by atoms with E-state index in [0.717, 1.165) is 11.3 Å². The quantitative estimate of drug-likeness (QED) is 0.439. The van der Waals surface area contributed by atoms with Gasteiger partial charge in [-0.05, 0) is 18.9 Å². The number of nitrogens with one attached hydrogen (secondary N) is 3. The third kappa shape index (κ3) is 4.82. The van der Waals surface area contributed by atoms with Crippen molar-refractivity contribution in [3.8, 4) is 0 Å². The van der Waals surface area contributed by atoms with E-state index in [1.54, 1.807) is 19.2 Å². The molecule has 2 aromatic heterocycles. The fourth-order valence-corrected chi connectivity index (χ4v) is 3.31. The van der Waals surface area contributed by atoms with Gasteiger partial charge in [0, 0.05) is 29.5 Å². The summed E-state index contributed by atoms with van der Waals surface area (Å²) >= 11 is 1.48. The van der Waals surface area contributed by atoms with E-state index in [2.05, 4.69) is 25.5 Å². The Kier molecular flexibility index (Phi) is 5.85. The van der Waals surface area contributed by atoms with Crippen molar-refractivity contribution in [1.82, 2.24) is 20.2 Å². The maximum absolute atomic E-state index is 12.3. The lowest BCUT2D eigenvalue weighted by Gasteiger charge is -2.07. The summed E-state index contributed by atoms with van der Waals surface area (Å²) in [6, 6.07) is 11.7. The molecule has 134 valence electrons. The van der Waals surface area contributed by atoms with Gasteiger partial charge in [0.15, 0.2) is 5.16 Å². The first-order chi connectivity index (χ1) is 12.6. The van der Waals surface area contributed by atoms with Gasteiger partial charge in [0.05, 0.1) is 6.20 Å². The van der Waals surface area contributed by atoms with Gasteiger partial charge in [-0.1, -0.05) is 42.1 Å². The van der Waals surface area contributed by atoms with Crippen LogP contribution in [0.25, 0.3) is 0 Å². The minimum atomic E-state index is -0.192. The molecular formula is C18H19N5O2S. The van der Waals surface area contributed by atoms with Gasteiger partial charge in [-0.2, -0.15) is 5.10 Å². The predicted molar refractivity (Wildman–Crippen MR) is 101 cm³/mol. The number of rotatable bonds is 7. The van der Waals surface area contributed by atoms with Crippen molar-refractivity contribution < 1.29 is 4.79 Å². The summed E-state index contributed by atoms with van der Waals surface area (Å²) in [6.07, 6.45) is 2.08. The Morgan fingerprint density at radius 2 is 2.04 bits per heavy atom. The maximum atomic E-state index is 12.3. The van der Waals surface area contributed by atoms with E-state index >= 15 is 0 Å². The molecule has 0 fully saturated rings. The molecular weight excluding hydrogens is 350 g/mol. The van der Waals surface area contributed by atoms with Gasteiger partial charge in [-0.25, -0.2) is 4.98 Å². The molecule has 1 aromatic carbocycles. The molecule has 26 heavy (non-hydrogen) atoms. The standard InChI is InChI=1S/C18H19N5O2S/c1-12-14(7-8-16(24)21-15-9-10-19-23-15)17(25)22-18(20-12)26-11-13-5-3-2-4-6-13/h2-6,9-10H,7-8,11H2,1H3,(H,20,22,25)(H2,19,21,23,24). The number of aromatic nitrogens is 4. The molecule has 0 aliphatic carbocycles. The summed E-state index contributed by atoms with van der Waals surface area (Å²) in [4.78, 5) is 31.5. The van der Waals surface area contributed by atoms with Gasteiger partial charge in [-0.3, -0.25) is 14.7 Å². The molecule has 3 N–H and O–H groups in total. The zero-order valence-electron chi connectivity index (χ0n) is 14.3. The molecule has 0 bridgehead atoms. The lowest BCUT2D eigenvalue weighted by atomic mass is 10.1. The number of hydrogen-bond donors (Lipinski definition) is 3. The molecule has 0 aliphatic rings. The minimum absolute atomic E-state index is 0.185. The minimum Gasteiger partial charge on any atom is -0.311 e. The van der Waals surface area contributed by atoms with Crippen LogP contribution >= 0.6 is 11.8 Å². The molecule has 3 rings (SSSR count). The highest BCUT2D eigenvalue weighted by molar-refractivity contribution is 7.98. The third-order valence-electron chi connectivity index (χ3n) is 3.80. The Morgan fingerprint density at radius 3 is 2.73 bits per heavy atom. The number of nitrogens with zero attached hydrogens (tertiary/aromatic N) is 2. The molecule has 0 radical (unpaired) electrons. The molecule has 0 saturated heterocycles. The zero-order chi connectivity index (χ0) is 18.4. The van der Waals surface area contributed by atoms with Crippen molar-refractivity contribution in [2.45, 2.75) is 30.7 Å². The zero-order valence-corrected chi connectivity index (χ0v) is 15.1. The summed E-state index contributed by atoms with van der Waals surface area (Å²) in [7, 11) is 0. The number of carbonyl (C=O) groups is 1. The van der Waals surface area contributed by atoms with E-state index < -0.39 is 0 Å². The van der Waals surface area contributed by atoms with Crippen LogP contribution in [0.2, 0.25) is 0 Å². The summed E-state index contributed by atoms with van der Waals surface area (Å²) in [6.45, 7) is 1.80.